The Labute approximate surface area is 356 Å². The maximum Gasteiger partial charge on any atom is 0.326 e. The topological polar surface area (TPSA) is 374 Å². The summed E-state index contributed by atoms with van der Waals surface area (Å²) in [6, 6.07) is -1.02. The Bertz CT molecular complexity index is 1550. The van der Waals surface area contributed by atoms with E-state index >= 15 is 0 Å². The van der Waals surface area contributed by atoms with E-state index in [1.807, 2.05) is 0 Å². The highest BCUT2D eigenvalue weighted by Crippen LogP contribution is 2.10. The van der Waals surface area contributed by atoms with E-state index in [4.69, 9.17) is 22.9 Å². The van der Waals surface area contributed by atoms with Gasteiger partial charge < -0.3 is 70.2 Å². The number of unbranched alkanes of at least 4 members (excludes halogenated alkanes) is 3. The average Bonchev–Trinajstić information content (AvgIpc) is 3.21. The van der Waals surface area contributed by atoms with E-state index in [-0.39, 0.29) is 57.5 Å². The lowest BCUT2D eigenvalue weighted by molar-refractivity contribution is -0.143. The molecule has 0 saturated carbocycles. The maximum atomic E-state index is 13.7. The predicted molar refractivity (Wildman–Crippen MR) is 225 cm³/mol. The zero-order valence-electron chi connectivity index (χ0n) is 35.2. The summed E-state index contributed by atoms with van der Waals surface area (Å²) in [5.74, 6) is -8.22. The van der Waals surface area contributed by atoms with Crippen molar-refractivity contribution in [2.75, 3.05) is 26.2 Å². The van der Waals surface area contributed by atoms with Crippen LogP contribution in [0.1, 0.15) is 90.0 Å². The Morgan fingerprint density at radius 1 is 0.541 bits per heavy atom. The molecule has 21 heteroatoms. The van der Waals surface area contributed by atoms with Gasteiger partial charge in [0.25, 0.3) is 0 Å². The van der Waals surface area contributed by atoms with Crippen molar-refractivity contribution in [3.63, 3.8) is 0 Å². The number of hydrogen-bond donors (Lipinski definition) is 13. The number of amides is 6. The van der Waals surface area contributed by atoms with E-state index in [2.05, 4.69) is 31.9 Å². The predicted octanol–water partition coefficient (Wildman–Crippen LogP) is -2.55. The first kappa shape index (κ1) is 53.8. The van der Waals surface area contributed by atoms with Gasteiger partial charge >= 0.3 is 11.9 Å². The molecule has 7 atom stereocenters. The molecule has 0 unspecified atom stereocenters. The third-order valence-electron chi connectivity index (χ3n) is 9.53. The van der Waals surface area contributed by atoms with E-state index < -0.39 is 103 Å². The molecule has 1 rings (SSSR count). The summed E-state index contributed by atoms with van der Waals surface area (Å²) in [6.45, 7) is 3.51. The average molecular weight is 865 g/mol. The maximum absolute atomic E-state index is 13.7. The summed E-state index contributed by atoms with van der Waals surface area (Å²) in [5.41, 5.74) is 23.5. The van der Waals surface area contributed by atoms with Gasteiger partial charge in [-0.2, -0.15) is 0 Å². The van der Waals surface area contributed by atoms with E-state index in [0.717, 1.165) is 0 Å². The number of hydrogen-bond acceptors (Lipinski definition) is 13. The molecule has 0 spiro atoms. The fourth-order valence-corrected chi connectivity index (χ4v) is 6.13. The Morgan fingerprint density at radius 2 is 0.951 bits per heavy atom. The Kier molecular flexibility index (Phi) is 26.4. The van der Waals surface area contributed by atoms with Crippen LogP contribution in [-0.4, -0.2) is 131 Å². The molecule has 344 valence electrons. The molecule has 17 N–H and O–H groups in total. The highest BCUT2D eigenvalue weighted by atomic mass is 16.4. The normalized spacial score (nSPS) is 14.6. The van der Waals surface area contributed by atoms with Crippen LogP contribution in [0.2, 0.25) is 0 Å². The van der Waals surface area contributed by atoms with Gasteiger partial charge in [0.1, 0.15) is 36.3 Å². The van der Waals surface area contributed by atoms with Crippen LogP contribution in [0.25, 0.3) is 0 Å². The van der Waals surface area contributed by atoms with E-state index in [0.29, 0.717) is 44.2 Å². The number of carboxylic acid groups (broad SMARTS) is 2. The van der Waals surface area contributed by atoms with Crippen LogP contribution in [0.15, 0.2) is 30.3 Å². The number of nitrogens with two attached hydrogens (primary N) is 4. The molecule has 0 aliphatic carbocycles. The van der Waals surface area contributed by atoms with Gasteiger partial charge in [-0.1, -0.05) is 50.6 Å². The minimum atomic E-state index is -1.75. The summed E-state index contributed by atoms with van der Waals surface area (Å²) in [4.78, 5) is 105. The third-order valence-corrected chi connectivity index (χ3v) is 9.53. The van der Waals surface area contributed by atoms with E-state index in [1.54, 1.807) is 44.2 Å². The van der Waals surface area contributed by atoms with Gasteiger partial charge in [0.2, 0.25) is 35.4 Å². The van der Waals surface area contributed by atoms with Crippen molar-refractivity contribution in [1.29, 1.82) is 0 Å². The first-order chi connectivity index (χ1) is 29.0. The molecule has 0 bridgehead atoms. The zero-order chi connectivity index (χ0) is 45.9. The zero-order valence-corrected chi connectivity index (χ0v) is 35.2. The molecule has 0 aromatic heterocycles. The second-order valence-corrected chi connectivity index (χ2v) is 15.3. The molecule has 0 aliphatic heterocycles. The summed E-state index contributed by atoms with van der Waals surface area (Å²) in [6.07, 6.45) is 2.16. The van der Waals surface area contributed by atoms with Crippen molar-refractivity contribution < 1.29 is 53.7 Å². The van der Waals surface area contributed by atoms with Gasteiger partial charge in [0.05, 0.1) is 19.1 Å². The van der Waals surface area contributed by atoms with Crippen molar-refractivity contribution in [3.05, 3.63) is 35.9 Å². The van der Waals surface area contributed by atoms with Crippen LogP contribution in [0.4, 0.5) is 0 Å². The third kappa shape index (κ3) is 21.7. The number of carbonyl (C=O) groups is 8. The summed E-state index contributed by atoms with van der Waals surface area (Å²) < 4.78 is 0. The van der Waals surface area contributed by atoms with Crippen LogP contribution >= 0.6 is 0 Å². The standard InChI is InChI=1S/C40H68N10O11/c1-24(2)20-31(40(60)61)49-35(55)27(15-7-10-18-42)46-39(59)32(23-51)50-36(56)28(16-8-11-19-43)45-38(58)30(22-33(52)53)48-37(57)29(21-25-12-4-3-5-13-25)47-34(54)26(44)14-6-9-17-41/h3-5,12-13,24,26-32,51H,6-11,14-23,41-44H2,1-2H3,(H,45,58)(H,46,59)(H,47,54)(H,48,57)(H,49,55)(H,50,56)(H,52,53)(H,60,61)/t26-,27-,28-,29-,30-,31-,32-/m0/s1. The van der Waals surface area contributed by atoms with Gasteiger partial charge in [0.15, 0.2) is 0 Å². The molecule has 1 aromatic carbocycles. The second-order valence-electron chi connectivity index (χ2n) is 15.3. The SMILES string of the molecule is CC(C)C[C@H](NC(=O)[C@H](CCCCN)NC(=O)[C@H](CO)NC(=O)[C@H](CCCCN)NC(=O)[C@H](CC(=O)O)NC(=O)[C@H](Cc1ccccc1)NC(=O)[C@@H](N)CCCCN)C(=O)O. The summed E-state index contributed by atoms with van der Waals surface area (Å²) in [5, 5.41) is 44.2. The first-order valence-electron chi connectivity index (χ1n) is 20.7. The van der Waals surface area contributed by atoms with Crippen LogP contribution in [0.5, 0.6) is 0 Å². The van der Waals surface area contributed by atoms with Gasteiger partial charge in [-0.25, -0.2) is 4.79 Å². The monoisotopic (exact) mass is 865 g/mol. The summed E-state index contributed by atoms with van der Waals surface area (Å²) >= 11 is 0. The second kappa shape index (κ2) is 29.9. The number of rotatable bonds is 32. The molecule has 61 heavy (non-hydrogen) atoms. The van der Waals surface area contributed by atoms with Crippen molar-refractivity contribution in [3.8, 4) is 0 Å². The van der Waals surface area contributed by atoms with Crippen LogP contribution in [0, 0.1) is 5.92 Å². The van der Waals surface area contributed by atoms with Crippen molar-refractivity contribution in [2.24, 2.45) is 28.9 Å². The number of aliphatic carboxylic acids is 2. The largest absolute Gasteiger partial charge is 0.481 e. The Balaban J connectivity index is 3.30. The van der Waals surface area contributed by atoms with Gasteiger partial charge in [0, 0.05) is 6.42 Å². The number of aliphatic hydroxyl groups excluding tert-OH is 1. The summed E-state index contributed by atoms with van der Waals surface area (Å²) in [7, 11) is 0. The van der Waals surface area contributed by atoms with Crippen LogP contribution in [-0.2, 0) is 44.8 Å². The number of nitrogens with one attached hydrogen (secondary N) is 6. The Morgan fingerprint density at radius 3 is 1.41 bits per heavy atom. The Hall–Kier alpha value is -5.22. The molecular formula is C40H68N10O11. The van der Waals surface area contributed by atoms with Gasteiger partial charge in [-0.15, -0.1) is 0 Å². The number of carboxylic acids is 2. The van der Waals surface area contributed by atoms with Crippen molar-refractivity contribution in [1.82, 2.24) is 31.9 Å². The van der Waals surface area contributed by atoms with Gasteiger partial charge in [-0.05, 0) is 88.9 Å². The first-order valence-corrected chi connectivity index (χ1v) is 20.7. The molecule has 0 fully saturated rings. The molecule has 6 amide bonds. The molecule has 0 aliphatic rings. The van der Waals surface area contributed by atoms with Crippen molar-refractivity contribution in [2.45, 2.75) is 133 Å². The smallest absolute Gasteiger partial charge is 0.326 e. The fraction of sp³-hybridized carbons (Fsp3) is 0.650. The van der Waals surface area contributed by atoms with Crippen molar-refractivity contribution >= 4 is 47.4 Å². The highest BCUT2D eigenvalue weighted by molar-refractivity contribution is 5.98. The van der Waals surface area contributed by atoms with E-state index in [9.17, 15) is 53.7 Å². The lowest BCUT2D eigenvalue weighted by atomic mass is 10.0. The van der Waals surface area contributed by atoms with Gasteiger partial charge in [-0.3, -0.25) is 33.6 Å². The molecule has 0 radical (unpaired) electrons. The number of carbonyl (C=O) groups excluding carboxylic acids is 6. The number of aliphatic hydroxyl groups is 1. The molecular weight excluding hydrogens is 796 g/mol. The molecule has 21 nitrogen and oxygen atoms in total. The fourth-order valence-electron chi connectivity index (χ4n) is 6.13. The molecule has 1 aromatic rings. The van der Waals surface area contributed by atoms with Crippen LogP contribution in [0.3, 0.4) is 0 Å². The molecule has 0 saturated heterocycles. The highest BCUT2D eigenvalue weighted by Gasteiger charge is 2.34. The minimum absolute atomic E-state index is 0.0440. The number of benzene rings is 1. The lowest BCUT2D eigenvalue weighted by Crippen LogP contribution is -2.60. The quantitative estimate of drug-likeness (QED) is 0.0332. The minimum Gasteiger partial charge on any atom is -0.481 e. The van der Waals surface area contributed by atoms with Crippen LogP contribution < -0.4 is 54.8 Å². The lowest BCUT2D eigenvalue weighted by Gasteiger charge is -2.27. The van der Waals surface area contributed by atoms with E-state index in [1.165, 1.54) is 0 Å². The molecule has 0 heterocycles.